The van der Waals surface area contributed by atoms with Crippen LogP contribution in [0, 0.1) is 10.1 Å². The predicted octanol–water partition coefficient (Wildman–Crippen LogP) is 2.47. The fourth-order valence-corrected chi connectivity index (χ4v) is 2.80. The summed E-state index contributed by atoms with van der Waals surface area (Å²) in [5.41, 5.74) is 0.631. The molecule has 0 saturated carbocycles. The number of thioether (sulfide) groups is 1. The summed E-state index contributed by atoms with van der Waals surface area (Å²) in [6, 6.07) is 14.5. The second-order valence-electron chi connectivity index (χ2n) is 5.32. The van der Waals surface area contributed by atoms with Crippen LogP contribution in [0.25, 0.3) is 11.3 Å². The first kappa shape index (κ1) is 18.3. The fraction of sp³-hybridized carbons (Fsp3) is 0.0588. The van der Waals surface area contributed by atoms with Crippen LogP contribution in [-0.4, -0.2) is 31.8 Å². The van der Waals surface area contributed by atoms with Crippen molar-refractivity contribution in [3.63, 3.8) is 0 Å². The summed E-state index contributed by atoms with van der Waals surface area (Å²) in [5, 5.41) is 21.3. The van der Waals surface area contributed by atoms with Crippen LogP contribution < -0.4 is 10.9 Å². The van der Waals surface area contributed by atoms with Crippen LogP contribution >= 0.6 is 11.8 Å². The second-order valence-corrected chi connectivity index (χ2v) is 6.28. The number of aromatic nitrogens is 3. The van der Waals surface area contributed by atoms with E-state index in [2.05, 4.69) is 20.5 Å². The second kappa shape index (κ2) is 8.23. The van der Waals surface area contributed by atoms with E-state index in [4.69, 9.17) is 0 Å². The molecule has 10 heteroatoms. The zero-order valence-corrected chi connectivity index (χ0v) is 14.6. The number of benzene rings is 2. The number of anilines is 1. The van der Waals surface area contributed by atoms with Crippen molar-refractivity contribution in [1.82, 2.24) is 15.2 Å². The number of hydrogen-bond donors (Lipinski definition) is 2. The first-order valence-corrected chi connectivity index (χ1v) is 8.71. The molecule has 0 aliphatic heterocycles. The Kier molecular flexibility index (Phi) is 5.57. The van der Waals surface area contributed by atoms with Crippen molar-refractivity contribution in [2.24, 2.45) is 0 Å². The van der Waals surface area contributed by atoms with Crippen LogP contribution in [0.15, 0.2) is 64.5 Å². The highest BCUT2D eigenvalue weighted by molar-refractivity contribution is 7.99. The Morgan fingerprint density at radius 3 is 2.63 bits per heavy atom. The lowest BCUT2D eigenvalue weighted by atomic mass is 10.2. The Bertz CT molecular complexity index is 1040. The zero-order chi connectivity index (χ0) is 19.2. The van der Waals surface area contributed by atoms with Crippen LogP contribution in [0.2, 0.25) is 0 Å². The van der Waals surface area contributed by atoms with Gasteiger partial charge in [0.15, 0.2) is 10.9 Å². The summed E-state index contributed by atoms with van der Waals surface area (Å²) in [7, 11) is 0. The highest BCUT2D eigenvalue weighted by Gasteiger charge is 2.11. The standard InChI is InChI=1S/C17H13N5O4S/c23-14(18-12-7-4-8-13(9-12)22(25)26)10-27-17-19-16(24)15(20-21-17)11-5-2-1-3-6-11/h1-9H,10H2,(H,18,23)(H,19,21,24). The molecular weight excluding hydrogens is 370 g/mol. The number of H-pyrrole nitrogens is 1. The Morgan fingerprint density at radius 1 is 1.15 bits per heavy atom. The fourth-order valence-electron chi connectivity index (χ4n) is 2.20. The van der Waals surface area contributed by atoms with Crippen molar-refractivity contribution in [3.8, 4) is 11.3 Å². The van der Waals surface area contributed by atoms with Gasteiger partial charge in [-0.1, -0.05) is 48.2 Å². The Hall–Kier alpha value is -3.53. The van der Waals surface area contributed by atoms with E-state index in [0.717, 1.165) is 11.8 Å². The first-order chi connectivity index (χ1) is 13.0. The third-order valence-corrected chi connectivity index (χ3v) is 4.27. The average molecular weight is 383 g/mol. The topological polar surface area (TPSA) is 131 Å². The van der Waals surface area contributed by atoms with Crippen molar-refractivity contribution in [2.45, 2.75) is 5.16 Å². The molecule has 0 bridgehead atoms. The lowest BCUT2D eigenvalue weighted by Gasteiger charge is -2.05. The minimum atomic E-state index is -0.543. The molecule has 0 saturated heterocycles. The van der Waals surface area contributed by atoms with Gasteiger partial charge in [0, 0.05) is 23.4 Å². The van der Waals surface area contributed by atoms with Crippen molar-refractivity contribution < 1.29 is 9.72 Å². The van der Waals surface area contributed by atoms with Gasteiger partial charge in [0.1, 0.15) is 0 Å². The number of nitro groups is 1. The molecule has 0 atom stereocenters. The monoisotopic (exact) mass is 383 g/mol. The van der Waals surface area contributed by atoms with E-state index in [9.17, 15) is 19.7 Å². The van der Waals surface area contributed by atoms with E-state index in [1.54, 1.807) is 30.3 Å². The van der Waals surface area contributed by atoms with Gasteiger partial charge in [0.25, 0.3) is 11.2 Å². The van der Waals surface area contributed by atoms with Gasteiger partial charge in [-0.25, -0.2) is 0 Å². The normalized spacial score (nSPS) is 10.4. The van der Waals surface area contributed by atoms with Gasteiger partial charge in [-0.05, 0) is 6.07 Å². The van der Waals surface area contributed by atoms with Crippen molar-refractivity contribution in [3.05, 3.63) is 75.1 Å². The predicted molar refractivity (Wildman–Crippen MR) is 101 cm³/mol. The van der Waals surface area contributed by atoms with E-state index in [-0.39, 0.29) is 22.3 Å². The Labute approximate surface area is 157 Å². The molecule has 1 aromatic heterocycles. The molecule has 9 nitrogen and oxygen atoms in total. The molecule has 2 N–H and O–H groups in total. The number of aromatic amines is 1. The van der Waals surface area contributed by atoms with E-state index in [0.29, 0.717) is 11.3 Å². The number of nitrogens with zero attached hydrogens (tertiary/aromatic N) is 3. The Balaban J connectivity index is 1.62. The van der Waals surface area contributed by atoms with Gasteiger partial charge in [0.05, 0.1) is 10.7 Å². The summed E-state index contributed by atoms with van der Waals surface area (Å²) < 4.78 is 0. The minimum absolute atomic E-state index is 0.0437. The van der Waals surface area contributed by atoms with Gasteiger partial charge in [0.2, 0.25) is 5.91 Å². The van der Waals surface area contributed by atoms with E-state index < -0.39 is 16.4 Å². The number of carbonyl (C=O) groups is 1. The molecule has 1 heterocycles. The molecule has 2 aromatic carbocycles. The Morgan fingerprint density at radius 2 is 1.93 bits per heavy atom. The molecular formula is C17H13N5O4S. The highest BCUT2D eigenvalue weighted by Crippen LogP contribution is 2.18. The van der Waals surface area contributed by atoms with Crippen LogP contribution in [0.5, 0.6) is 0 Å². The van der Waals surface area contributed by atoms with E-state index >= 15 is 0 Å². The maximum absolute atomic E-state index is 12.1. The van der Waals surface area contributed by atoms with Gasteiger partial charge in [-0.2, -0.15) is 0 Å². The quantitative estimate of drug-likeness (QED) is 0.380. The maximum atomic E-state index is 12.1. The smallest absolute Gasteiger partial charge is 0.278 e. The molecule has 0 radical (unpaired) electrons. The molecule has 0 spiro atoms. The van der Waals surface area contributed by atoms with Crippen LogP contribution in [0.3, 0.4) is 0 Å². The van der Waals surface area contributed by atoms with Crippen molar-refractivity contribution >= 4 is 29.0 Å². The maximum Gasteiger partial charge on any atom is 0.278 e. The third kappa shape index (κ3) is 4.76. The largest absolute Gasteiger partial charge is 0.325 e. The lowest BCUT2D eigenvalue weighted by molar-refractivity contribution is -0.384. The summed E-state index contributed by atoms with van der Waals surface area (Å²) in [6.07, 6.45) is 0. The molecule has 0 unspecified atom stereocenters. The van der Waals surface area contributed by atoms with Crippen molar-refractivity contribution in [1.29, 1.82) is 0 Å². The molecule has 0 aliphatic rings. The van der Waals surface area contributed by atoms with Crippen LogP contribution in [-0.2, 0) is 4.79 Å². The van der Waals surface area contributed by atoms with Gasteiger partial charge < -0.3 is 5.32 Å². The lowest BCUT2D eigenvalue weighted by Crippen LogP contribution is -2.17. The molecule has 0 fully saturated rings. The number of hydrogen-bond acceptors (Lipinski definition) is 7. The van der Waals surface area contributed by atoms with Gasteiger partial charge in [-0.3, -0.25) is 24.7 Å². The summed E-state index contributed by atoms with van der Waals surface area (Å²) in [5.74, 6) is -0.437. The molecule has 27 heavy (non-hydrogen) atoms. The molecule has 3 aromatic rings. The summed E-state index contributed by atoms with van der Waals surface area (Å²) in [6.45, 7) is 0. The number of amides is 1. The van der Waals surface area contributed by atoms with Crippen molar-refractivity contribution in [2.75, 3.05) is 11.1 Å². The zero-order valence-electron chi connectivity index (χ0n) is 13.8. The molecule has 1 amide bonds. The minimum Gasteiger partial charge on any atom is -0.325 e. The highest BCUT2D eigenvalue weighted by atomic mass is 32.2. The summed E-state index contributed by atoms with van der Waals surface area (Å²) in [4.78, 5) is 36.9. The number of rotatable bonds is 6. The van der Waals surface area contributed by atoms with Gasteiger partial charge >= 0.3 is 0 Å². The average Bonchev–Trinajstić information content (AvgIpc) is 2.67. The van der Waals surface area contributed by atoms with E-state index in [1.165, 1.54) is 18.2 Å². The molecule has 0 aliphatic carbocycles. The van der Waals surface area contributed by atoms with E-state index in [1.807, 2.05) is 6.07 Å². The third-order valence-electron chi connectivity index (χ3n) is 3.40. The summed E-state index contributed by atoms with van der Waals surface area (Å²) >= 11 is 1.00. The number of non-ortho nitro benzene ring substituents is 1. The first-order valence-electron chi connectivity index (χ1n) is 7.72. The molecule has 3 rings (SSSR count). The number of nitro benzene ring substituents is 1. The SMILES string of the molecule is O=C(CSc1nnc(-c2ccccc2)c(=O)[nH]1)Nc1cccc([N+](=O)[O-])c1. The number of nitrogens with one attached hydrogen (secondary N) is 2. The van der Waals surface area contributed by atoms with Gasteiger partial charge in [-0.15, -0.1) is 10.2 Å². The van der Waals surface area contributed by atoms with Crippen LogP contribution in [0.1, 0.15) is 0 Å². The molecule has 136 valence electrons. The number of carbonyl (C=O) groups excluding carboxylic acids is 1. The van der Waals surface area contributed by atoms with Crippen LogP contribution in [0.4, 0.5) is 11.4 Å².